The molecule has 5 heteroatoms. The highest BCUT2D eigenvalue weighted by molar-refractivity contribution is 9.09. The van der Waals surface area contributed by atoms with Gasteiger partial charge in [0, 0.05) is 10.4 Å². The Morgan fingerprint density at radius 1 is 0.947 bits per heavy atom. The van der Waals surface area contributed by atoms with Crippen LogP contribution in [0.25, 0.3) is 0 Å². The molecule has 1 unspecified atom stereocenters. The van der Waals surface area contributed by atoms with Gasteiger partial charge in [0.05, 0.1) is 0 Å². The van der Waals surface area contributed by atoms with Gasteiger partial charge < -0.3 is 0 Å². The Labute approximate surface area is 116 Å². The Kier molecular flexibility index (Phi) is 4.24. The summed E-state index contributed by atoms with van der Waals surface area (Å²) in [7, 11) is 0. The van der Waals surface area contributed by atoms with E-state index < -0.39 is 28.1 Å². The Bertz CT molecular complexity index is 598. The Morgan fingerprint density at radius 2 is 1.68 bits per heavy atom. The predicted octanol–water partition coefficient (Wildman–Crippen LogP) is 4.92. The summed E-state index contributed by atoms with van der Waals surface area (Å²) in [5.74, 6) is -3.11. The van der Waals surface area contributed by atoms with Gasteiger partial charge in [-0.2, -0.15) is 0 Å². The molecule has 0 saturated carbocycles. The molecule has 0 bridgehead atoms. The van der Waals surface area contributed by atoms with E-state index in [1.807, 2.05) is 0 Å². The van der Waals surface area contributed by atoms with E-state index in [0.717, 1.165) is 24.3 Å². The number of rotatable bonds is 3. The molecule has 0 spiro atoms. The Hall–Kier alpha value is -1.36. The second kappa shape index (κ2) is 5.74. The molecule has 2 aromatic carbocycles. The lowest BCUT2D eigenvalue weighted by Gasteiger charge is -2.12. The first kappa shape index (κ1) is 14.1. The van der Waals surface area contributed by atoms with E-state index in [2.05, 4.69) is 15.9 Å². The molecule has 0 nitrogen and oxygen atoms in total. The first-order chi connectivity index (χ1) is 8.99. The van der Waals surface area contributed by atoms with Gasteiger partial charge >= 0.3 is 0 Å². The van der Waals surface area contributed by atoms with Crippen molar-refractivity contribution in [1.29, 1.82) is 0 Å². The van der Waals surface area contributed by atoms with Gasteiger partial charge in [-0.25, -0.2) is 17.6 Å². The van der Waals surface area contributed by atoms with E-state index in [0.29, 0.717) is 0 Å². The average molecular weight is 333 g/mol. The van der Waals surface area contributed by atoms with Crippen LogP contribution in [-0.4, -0.2) is 0 Å². The lowest BCUT2D eigenvalue weighted by atomic mass is 10.0. The van der Waals surface area contributed by atoms with Crippen LogP contribution in [0.2, 0.25) is 0 Å². The minimum absolute atomic E-state index is 0.0178. The smallest absolute Gasteiger partial charge is 0.162 e. The summed E-state index contributed by atoms with van der Waals surface area (Å²) in [5, 5.41) is 0. The van der Waals surface area contributed by atoms with Crippen molar-refractivity contribution in [1.82, 2.24) is 0 Å². The van der Waals surface area contributed by atoms with Gasteiger partial charge in [-0.15, -0.1) is 0 Å². The molecule has 0 amide bonds. The molecule has 0 aliphatic heterocycles. The summed E-state index contributed by atoms with van der Waals surface area (Å²) in [6, 6.07) is 6.82. The third-order valence-electron chi connectivity index (χ3n) is 2.73. The van der Waals surface area contributed by atoms with Crippen molar-refractivity contribution >= 4 is 15.9 Å². The van der Waals surface area contributed by atoms with Gasteiger partial charge in [0.15, 0.2) is 11.6 Å². The van der Waals surface area contributed by atoms with Crippen molar-refractivity contribution in [3.63, 3.8) is 0 Å². The molecule has 0 heterocycles. The first-order valence-electron chi connectivity index (χ1n) is 5.51. The second-order valence-corrected chi connectivity index (χ2v) is 5.16. The molecule has 0 radical (unpaired) electrons. The van der Waals surface area contributed by atoms with E-state index >= 15 is 0 Å². The zero-order valence-electron chi connectivity index (χ0n) is 9.64. The number of halogens is 5. The first-order valence-corrected chi connectivity index (χ1v) is 6.42. The van der Waals surface area contributed by atoms with Crippen LogP contribution < -0.4 is 0 Å². The molecular weight excluding hydrogens is 324 g/mol. The number of alkyl halides is 1. The fraction of sp³-hybridized carbons (Fsp3) is 0.143. The fourth-order valence-corrected chi connectivity index (χ4v) is 2.46. The largest absolute Gasteiger partial charge is 0.207 e. The summed E-state index contributed by atoms with van der Waals surface area (Å²) in [4.78, 5) is -0.639. The number of hydrogen-bond donors (Lipinski definition) is 0. The predicted molar refractivity (Wildman–Crippen MR) is 68.1 cm³/mol. The van der Waals surface area contributed by atoms with Gasteiger partial charge in [-0.3, -0.25) is 0 Å². The molecular formula is C14H9BrF4. The lowest BCUT2D eigenvalue weighted by molar-refractivity contribution is 0.497. The highest BCUT2D eigenvalue weighted by atomic mass is 79.9. The lowest BCUT2D eigenvalue weighted by Crippen LogP contribution is -2.02. The van der Waals surface area contributed by atoms with Crippen molar-refractivity contribution in [3.05, 3.63) is 70.8 Å². The van der Waals surface area contributed by atoms with Crippen LogP contribution in [0, 0.1) is 23.3 Å². The molecule has 1 atom stereocenters. The van der Waals surface area contributed by atoms with Gasteiger partial charge in [0.25, 0.3) is 0 Å². The maximum atomic E-state index is 13.5. The standard InChI is InChI=1S/C14H9BrF4/c15-11(10-7-9(16)4-5-12(10)17)6-8-2-1-3-13(18)14(8)19/h1-5,7,11H,6H2. The summed E-state index contributed by atoms with van der Waals surface area (Å²) < 4.78 is 53.2. The van der Waals surface area contributed by atoms with E-state index in [4.69, 9.17) is 0 Å². The molecule has 0 N–H and O–H groups in total. The van der Waals surface area contributed by atoms with Crippen LogP contribution in [0.5, 0.6) is 0 Å². The Morgan fingerprint density at radius 3 is 2.42 bits per heavy atom. The minimum Gasteiger partial charge on any atom is -0.207 e. The van der Waals surface area contributed by atoms with Crippen LogP contribution >= 0.6 is 15.9 Å². The number of hydrogen-bond acceptors (Lipinski definition) is 0. The quantitative estimate of drug-likeness (QED) is 0.552. The van der Waals surface area contributed by atoms with Crippen LogP contribution in [0.3, 0.4) is 0 Å². The van der Waals surface area contributed by atoms with Crippen LogP contribution in [0.4, 0.5) is 17.6 Å². The van der Waals surface area contributed by atoms with Crippen LogP contribution in [0.15, 0.2) is 36.4 Å². The molecule has 2 rings (SSSR count). The molecule has 0 aliphatic carbocycles. The molecule has 0 fully saturated rings. The number of benzene rings is 2. The van der Waals surface area contributed by atoms with E-state index in [1.165, 1.54) is 12.1 Å². The molecule has 100 valence electrons. The maximum Gasteiger partial charge on any atom is 0.162 e. The van der Waals surface area contributed by atoms with Gasteiger partial charge in [-0.05, 0) is 36.2 Å². The summed E-state index contributed by atoms with van der Waals surface area (Å²) >= 11 is 3.17. The molecule has 0 aliphatic rings. The van der Waals surface area contributed by atoms with Crippen molar-refractivity contribution in [2.45, 2.75) is 11.2 Å². The summed E-state index contributed by atoms with van der Waals surface area (Å²) in [6.07, 6.45) is 0.0178. The zero-order valence-corrected chi connectivity index (χ0v) is 11.2. The van der Waals surface area contributed by atoms with Gasteiger partial charge in [-0.1, -0.05) is 28.1 Å². The second-order valence-electron chi connectivity index (χ2n) is 4.05. The molecule has 2 aromatic rings. The maximum absolute atomic E-state index is 13.5. The van der Waals surface area contributed by atoms with E-state index in [-0.39, 0.29) is 17.5 Å². The third kappa shape index (κ3) is 3.15. The SMILES string of the molecule is Fc1ccc(F)c(C(Br)Cc2cccc(F)c2F)c1. The van der Waals surface area contributed by atoms with Crippen molar-refractivity contribution in [3.8, 4) is 0 Å². The Balaban J connectivity index is 2.28. The highest BCUT2D eigenvalue weighted by Crippen LogP contribution is 2.30. The molecule has 0 saturated heterocycles. The summed E-state index contributed by atoms with van der Waals surface area (Å²) in [6.45, 7) is 0. The molecule has 19 heavy (non-hydrogen) atoms. The van der Waals surface area contributed by atoms with Crippen LogP contribution in [0.1, 0.15) is 16.0 Å². The minimum atomic E-state index is -0.969. The highest BCUT2D eigenvalue weighted by Gasteiger charge is 2.17. The van der Waals surface area contributed by atoms with Gasteiger partial charge in [0.2, 0.25) is 0 Å². The van der Waals surface area contributed by atoms with E-state index in [1.54, 1.807) is 0 Å². The van der Waals surface area contributed by atoms with Gasteiger partial charge in [0.1, 0.15) is 11.6 Å². The molecule has 0 aromatic heterocycles. The normalized spacial score (nSPS) is 12.5. The average Bonchev–Trinajstić information content (AvgIpc) is 2.38. The van der Waals surface area contributed by atoms with Crippen molar-refractivity contribution in [2.24, 2.45) is 0 Å². The zero-order chi connectivity index (χ0) is 14.0. The topological polar surface area (TPSA) is 0 Å². The monoisotopic (exact) mass is 332 g/mol. The summed E-state index contributed by atoms with van der Waals surface area (Å²) in [5.41, 5.74) is 0.175. The van der Waals surface area contributed by atoms with Crippen LogP contribution in [-0.2, 0) is 6.42 Å². The van der Waals surface area contributed by atoms with Crippen molar-refractivity contribution < 1.29 is 17.6 Å². The third-order valence-corrected chi connectivity index (χ3v) is 3.54. The van der Waals surface area contributed by atoms with Crippen molar-refractivity contribution in [2.75, 3.05) is 0 Å². The fourth-order valence-electron chi connectivity index (χ4n) is 1.76. The van der Waals surface area contributed by atoms with E-state index in [9.17, 15) is 17.6 Å².